The quantitative estimate of drug-likeness (QED) is 0.632. The van der Waals surface area contributed by atoms with E-state index in [-0.39, 0.29) is 29.8 Å². The van der Waals surface area contributed by atoms with E-state index in [1.165, 1.54) is 19.2 Å². The minimum atomic E-state index is -3.64. The van der Waals surface area contributed by atoms with Crippen molar-refractivity contribution in [3.8, 4) is 0 Å². The Balaban J connectivity index is 0.00000338. The molecule has 26 heavy (non-hydrogen) atoms. The van der Waals surface area contributed by atoms with Crippen LogP contribution in [0, 0.1) is 5.92 Å². The number of nitrogens with one attached hydrogen (secondary N) is 2. The number of methoxy groups -OCH3 is 1. The molecule has 7 nitrogen and oxygen atoms in total. The van der Waals surface area contributed by atoms with E-state index in [2.05, 4.69) is 10.0 Å². The van der Waals surface area contributed by atoms with Crippen LogP contribution in [0.3, 0.4) is 0 Å². The number of nitrogens with zero attached hydrogens (tertiary/aromatic N) is 1. The molecule has 9 heteroatoms. The molecule has 1 aromatic rings. The minimum Gasteiger partial charge on any atom is -0.383 e. The van der Waals surface area contributed by atoms with Crippen molar-refractivity contribution in [3.63, 3.8) is 0 Å². The third kappa shape index (κ3) is 6.21. The molecule has 148 valence electrons. The average Bonchev–Trinajstić information content (AvgIpc) is 2.62. The maximum absolute atomic E-state index is 12.7. The highest BCUT2D eigenvalue weighted by atomic mass is 35.5. The number of carbonyl (C=O) groups excluding carboxylic acids is 1. The molecule has 1 fully saturated rings. The maximum Gasteiger partial charge on any atom is 0.253 e. The van der Waals surface area contributed by atoms with Gasteiger partial charge in [0, 0.05) is 32.3 Å². The smallest absolute Gasteiger partial charge is 0.253 e. The zero-order valence-electron chi connectivity index (χ0n) is 15.2. The van der Waals surface area contributed by atoms with Crippen LogP contribution in [0.25, 0.3) is 0 Å². The van der Waals surface area contributed by atoms with E-state index in [0.717, 1.165) is 19.4 Å². The highest BCUT2D eigenvalue weighted by Crippen LogP contribution is 2.19. The Labute approximate surface area is 161 Å². The van der Waals surface area contributed by atoms with Crippen LogP contribution in [0.5, 0.6) is 0 Å². The Hall–Kier alpha value is -1.19. The largest absolute Gasteiger partial charge is 0.383 e. The van der Waals surface area contributed by atoms with Crippen molar-refractivity contribution in [2.75, 3.05) is 46.9 Å². The predicted molar refractivity (Wildman–Crippen MR) is 103 cm³/mol. The molecule has 1 amide bonds. The van der Waals surface area contributed by atoms with Gasteiger partial charge < -0.3 is 15.0 Å². The molecule has 1 aromatic carbocycles. The predicted octanol–water partition coefficient (Wildman–Crippen LogP) is 1.10. The molecule has 0 aliphatic carbocycles. The highest BCUT2D eigenvalue weighted by molar-refractivity contribution is 7.89. The van der Waals surface area contributed by atoms with Gasteiger partial charge >= 0.3 is 0 Å². The molecule has 0 bridgehead atoms. The van der Waals surface area contributed by atoms with Gasteiger partial charge in [-0.15, -0.1) is 12.4 Å². The average molecular weight is 406 g/mol. The monoisotopic (exact) mass is 405 g/mol. The fraction of sp³-hybridized carbons (Fsp3) is 0.588. The second-order valence-electron chi connectivity index (χ2n) is 6.21. The first-order chi connectivity index (χ1) is 12.0. The molecule has 2 N–H and O–H groups in total. The zero-order chi connectivity index (χ0) is 18.3. The lowest BCUT2D eigenvalue weighted by atomic mass is 9.96. The molecular formula is C17H28ClN3O4S. The van der Waals surface area contributed by atoms with Gasteiger partial charge in [-0.3, -0.25) is 4.79 Å². The molecule has 0 radical (unpaired) electrons. The van der Waals surface area contributed by atoms with Crippen LogP contribution in [0.15, 0.2) is 29.2 Å². The summed E-state index contributed by atoms with van der Waals surface area (Å²) in [7, 11) is -0.202. The summed E-state index contributed by atoms with van der Waals surface area (Å²) >= 11 is 0. The molecule has 1 aliphatic heterocycles. The fourth-order valence-electron chi connectivity index (χ4n) is 2.97. The van der Waals surface area contributed by atoms with Crippen molar-refractivity contribution in [3.05, 3.63) is 29.8 Å². The Morgan fingerprint density at radius 3 is 2.62 bits per heavy atom. The molecule has 0 saturated carbocycles. The number of likely N-dealkylation sites (tertiary alicyclic amines) is 1. The van der Waals surface area contributed by atoms with E-state index in [4.69, 9.17) is 4.74 Å². The topological polar surface area (TPSA) is 87.7 Å². The number of hydrogen-bond donors (Lipinski definition) is 2. The van der Waals surface area contributed by atoms with Gasteiger partial charge in [0.05, 0.1) is 11.5 Å². The molecule has 0 atom stereocenters. The van der Waals surface area contributed by atoms with Crippen molar-refractivity contribution < 1.29 is 17.9 Å². The first kappa shape index (κ1) is 22.9. The van der Waals surface area contributed by atoms with E-state index >= 15 is 0 Å². The van der Waals surface area contributed by atoms with E-state index in [0.29, 0.717) is 31.2 Å². The van der Waals surface area contributed by atoms with Crippen LogP contribution in [0.1, 0.15) is 23.2 Å². The second-order valence-corrected chi connectivity index (χ2v) is 7.98. The third-order valence-corrected chi connectivity index (χ3v) is 5.84. The van der Waals surface area contributed by atoms with Gasteiger partial charge in [-0.1, -0.05) is 6.07 Å². The number of ether oxygens (including phenoxy) is 1. The van der Waals surface area contributed by atoms with Crippen molar-refractivity contribution in [2.24, 2.45) is 5.92 Å². The van der Waals surface area contributed by atoms with Gasteiger partial charge in [0.2, 0.25) is 10.0 Å². The van der Waals surface area contributed by atoms with Gasteiger partial charge in [-0.05, 0) is 50.6 Å². The van der Waals surface area contributed by atoms with Crippen molar-refractivity contribution in [2.45, 2.75) is 17.7 Å². The molecule has 1 aliphatic rings. The number of rotatable bonds is 8. The van der Waals surface area contributed by atoms with Crippen LogP contribution in [-0.4, -0.2) is 66.2 Å². The van der Waals surface area contributed by atoms with Crippen LogP contribution < -0.4 is 10.0 Å². The summed E-state index contributed by atoms with van der Waals surface area (Å²) < 4.78 is 31.9. The molecule has 0 unspecified atom stereocenters. The minimum absolute atomic E-state index is 0. The molecule has 1 heterocycles. The Morgan fingerprint density at radius 2 is 2.00 bits per heavy atom. The van der Waals surface area contributed by atoms with Gasteiger partial charge in [0.1, 0.15) is 0 Å². The van der Waals surface area contributed by atoms with Crippen LogP contribution in [0.2, 0.25) is 0 Å². The summed E-state index contributed by atoms with van der Waals surface area (Å²) in [6.07, 6.45) is 1.92. The molecular weight excluding hydrogens is 378 g/mol. The third-order valence-electron chi connectivity index (χ3n) is 4.38. The van der Waals surface area contributed by atoms with Crippen molar-refractivity contribution in [1.82, 2.24) is 14.9 Å². The normalized spacial score (nSPS) is 15.5. The van der Waals surface area contributed by atoms with Crippen LogP contribution in [-0.2, 0) is 14.8 Å². The number of piperidine rings is 1. The summed E-state index contributed by atoms with van der Waals surface area (Å²) in [5.41, 5.74) is 0.404. The summed E-state index contributed by atoms with van der Waals surface area (Å²) in [6.45, 7) is 2.85. The number of benzene rings is 1. The molecule has 0 spiro atoms. The lowest BCUT2D eigenvalue weighted by Gasteiger charge is -2.32. The van der Waals surface area contributed by atoms with Gasteiger partial charge in [-0.2, -0.15) is 0 Å². The van der Waals surface area contributed by atoms with E-state index in [9.17, 15) is 13.2 Å². The summed E-state index contributed by atoms with van der Waals surface area (Å²) in [4.78, 5) is 14.6. The lowest BCUT2D eigenvalue weighted by Crippen LogP contribution is -2.40. The summed E-state index contributed by atoms with van der Waals surface area (Å²) in [5.74, 6) is 0.475. The van der Waals surface area contributed by atoms with Crippen LogP contribution in [0.4, 0.5) is 0 Å². The second kappa shape index (κ2) is 10.8. The van der Waals surface area contributed by atoms with Crippen molar-refractivity contribution in [1.29, 1.82) is 0 Å². The van der Waals surface area contributed by atoms with Crippen molar-refractivity contribution >= 4 is 28.3 Å². The Morgan fingerprint density at radius 1 is 1.31 bits per heavy atom. The Kier molecular flexibility index (Phi) is 9.52. The Bertz CT molecular complexity index is 676. The number of sulfonamides is 1. The van der Waals surface area contributed by atoms with Gasteiger partial charge in [0.25, 0.3) is 5.91 Å². The standard InChI is InChI=1S/C17H27N3O4S.ClH/c1-18-13-14-6-9-20(10-7-14)17(21)15-4-3-5-16(12-15)25(22,23)19-8-11-24-2;/h3-5,12,14,18-19H,6-11,13H2,1-2H3;1H. The molecule has 2 rings (SSSR count). The number of carbonyl (C=O) groups is 1. The van der Waals surface area contributed by atoms with Gasteiger partial charge in [0.15, 0.2) is 0 Å². The zero-order valence-corrected chi connectivity index (χ0v) is 16.9. The number of amides is 1. The highest BCUT2D eigenvalue weighted by Gasteiger charge is 2.24. The first-order valence-corrected chi connectivity index (χ1v) is 9.99. The van der Waals surface area contributed by atoms with E-state index < -0.39 is 10.0 Å². The number of halogens is 1. The summed E-state index contributed by atoms with van der Waals surface area (Å²) in [6, 6.07) is 6.20. The molecule has 1 saturated heterocycles. The maximum atomic E-state index is 12.7. The SMILES string of the molecule is CNCC1CCN(C(=O)c2cccc(S(=O)(=O)NCCOC)c2)CC1.Cl. The van der Waals surface area contributed by atoms with Gasteiger partial charge in [-0.25, -0.2) is 13.1 Å². The van der Waals surface area contributed by atoms with E-state index in [1.807, 2.05) is 7.05 Å². The first-order valence-electron chi connectivity index (χ1n) is 8.50. The fourth-order valence-corrected chi connectivity index (χ4v) is 4.03. The van der Waals surface area contributed by atoms with Crippen LogP contribution >= 0.6 is 12.4 Å². The van der Waals surface area contributed by atoms with E-state index in [1.54, 1.807) is 17.0 Å². The molecule has 0 aromatic heterocycles. The summed E-state index contributed by atoms with van der Waals surface area (Å²) in [5, 5.41) is 3.17. The number of hydrogen-bond acceptors (Lipinski definition) is 5. The lowest BCUT2D eigenvalue weighted by molar-refractivity contribution is 0.0690.